The first-order chi connectivity index (χ1) is 16.6. The van der Waals surface area contributed by atoms with Crippen LogP contribution < -0.4 is 14.8 Å². The summed E-state index contributed by atoms with van der Waals surface area (Å²) < 4.78 is 68.5. The van der Waals surface area contributed by atoms with Crippen molar-refractivity contribution in [3.63, 3.8) is 0 Å². The van der Waals surface area contributed by atoms with E-state index in [0.717, 1.165) is 5.56 Å². The molecule has 2 N–H and O–H groups in total. The van der Waals surface area contributed by atoms with Gasteiger partial charge in [0.2, 0.25) is 0 Å². The number of aryl methyl sites for hydroxylation is 1. The molecule has 0 aliphatic rings. The van der Waals surface area contributed by atoms with Crippen molar-refractivity contribution in [3.05, 3.63) is 90.8 Å². The molecule has 180 valence electrons. The molecule has 4 aromatic rings. The number of alkyl halides is 3. The molecule has 0 fully saturated rings. The van der Waals surface area contributed by atoms with Gasteiger partial charge in [-0.1, -0.05) is 17.7 Å². The molecular formula is C24H19F3N4O3S. The Labute approximate surface area is 199 Å². The smallest absolute Gasteiger partial charge is 0.406 e. The van der Waals surface area contributed by atoms with E-state index in [1.807, 2.05) is 6.92 Å². The number of aromatic nitrogens is 2. The Morgan fingerprint density at radius 2 is 1.46 bits per heavy atom. The zero-order valence-corrected chi connectivity index (χ0v) is 19.1. The van der Waals surface area contributed by atoms with E-state index in [0.29, 0.717) is 28.5 Å². The molecule has 0 saturated carbocycles. The maximum Gasteiger partial charge on any atom is 0.573 e. The third-order valence-electron chi connectivity index (χ3n) is 4.79. The summed E-state index contributed by atoms with van der Waals surface area (Å²) in [6, 6.07) is 20.1. The van der Waals surface area contributed by atoms with E-state index in [9.17, 15) is 21.6 Å². The zero-order valence-electron chi connectivity index (χ0n) is 18.2. The molecule has 0 aliphatic heterocycles. The Bertz CT molecular complexity index is 1410. The lowest BCUT2D eigenvalue weighted by Crippen LogP contribution is -2.16. The highest BCUT2D eigenvalue weighted by molar-refractivity contribution is 7.92. The van der Waals surface area contributed by atoms with Gasteiger partial charge in [-0.05, 0) is 67.6 Å². The molecule has 1 aromatic heterocycles. The molecule has 1 heterocycles. The number of hydrogen-bond acceptors (Lipinski definition) is 6. The number of sulfonamides is 1. The van der Waals surface area contributed by atoms with Gasteiger partial charge in [0, 0.05) is 23.0 Å². The predicted molar refractivity (Wildman–Crippen MR) is 126 cm³/mol. The van der Waals surface area contributed by atoms with Crippen LogP contribution in [0.25, 0.3) is 11.3 Å². The van der Waals surface area contributed by atoms with Crippen LogP contribution in [0.15, 0.2) is 90.1 Å². The molecule has 0 amide bonds. The molecule has 0 bridgehead atoms. The van der Waals surface area contributed by atoms with Crippen molar-refractivity contribution in [1.29, 1.82) is 0 Å². The van der Waals surface area contributed by atoms with Gasteiger partial charge in [-0.3, -0.25) is 4.72 Å². The van der Waals surface area contributed by atoms with Gasteiger partial charge >= 0.3 is 6.36 Å². The van der Waals surface area contributed by atoms with Crippen LogP contribution in [0.4, 0.5) is 30.4 Å². The largest absolute Gasteiger partial charge is 0.573 e. The van der Waals surface area contributed by atoms with Gasteiger partial charge in [0.05, 0.1) is 10.6 Å². The normalized spacial score (nSPS) is 11.7. The minimum atomic E-state index is -4.76. The van der Waals surface area contributed by atoms with E-state index in [-0.39, 0.29) is 10.6 Å². The van der Waals surface area contributed by atoms with Gasteiger partial charge in [0.25, 0.3) is 10.0 Å². The van der Waals surface area contributed by atoms with Crippen LogP contribution in [0.1, 0.15) is 5.56 Å². The molecule has 35 heavy (non-hydrogen) atoms. The fourth-order valence-electron chi connectivity index (χ4n) is 3.11. The number of halogens is 3. The van der Waals surface area contributed by atoms with Crippen LogP contribution in [0.5, 0.6) is 5.75 Å². The second-order valence-corrected chi connectivity index (χ2v) is 9.16. The van der Waals surface area contributed by atoms with Crippen molar-refractivity contribution < 1.29 is 26.3 Å². The number of anilines is 3. The van der Waals surface area contributed by atoms with Crippen LogP contribution in [0.3, 0.4) is 0 Å². The summed E-state index contributed by atoms with van der Waals surface area (Å²) in [5, 5.41) is 3.08. The van der Waals surface area contributed by atoms with Gasteiger partial charge in [-0.15, -0.1) is 13.2 Å². The number of benzene rings is 3. The summed E-state index contributed by atoms with van der Waals surface area (Å²) in [5.41, 5.74) is 3.05. The molecule has 11 heteroatoms. The third kappa shape index (κ3) is 6.48. The maximum atomic E-state index is 12.5. The van der Waals surface area contributed by atoms with E-state index in [2.05, 4.69) is 24.7 Å². The quantitative estimate of drug-likeness (QED) is 0.329. The number of hydrogen-bond donors (Lipinski definition) is 2. The van der Waals surface area contributed by atoms with E-state index in [1.165, 1.54) is 42.7 Å². The number of nitrogens with one attached hydrogen (secondary N) is 2. The van der Waals surface area contributed by atoms with Crippen LogP contribution in [0.2, 0.25) is 0 Å². The zero-order chi connectivity index (χ0) is 25.1. The van der Waals surface area contributed by atoms with E-state index in [4.69, 9.17) is 0 Å². The lowest BCUT2D eigenvalue weighted by molar-refractivity contribution is -0.274. The highest BCUT2D eigenvalue weighted by Gasteiger charge is 2.31. The Morgan fingerprint density at radius 1 is 0.829 bits per heavy atom. The highest BCUT2D eigenvalue weighted by atomic mass is 32.2. The lowest BCUT2D eigenvalue weighted by Gasteiger charge is -2.11. The summed E-state index contributed by atoms with van der Waals surface area (Å²) >= 11 is 0. The first-order valence-corrected chi connectivity index (χ1v) is 11.7. The van der Waals surface area contributed by atoms with Crippen molar-refractivity contribution >= 4 is 27.2 Å². The van der Waals surface area contributed by atoms with Gasteiger partial charge in [0.15, 0.2) is 0 Å². The minimum Gasteiger partial charge on any atom is -0.406 e. The van der Waals surface area contributed by atoms with Crippen molar-refractivity contribution in [1.82, 2.24) is 9.97 Å². The fraction of sp³-hybridized carbons (Fsp3) is 0.0833. The standard InChI is InChI=1S/C24H19F3N4O3S/c1-16-2-12-21(13-3-16)35(32,33)31-19-8-6-18(7-9-19)30-23-14-22(28-15-29-23)17-4-10-20(11-5-17)34-24(25,26)27/h2-15,31H,1H3,(H,28,29,30). The summed E-state index contributed by atoms with van der Waals surface area (Å²) in [7, 11) is -3.71. The first-order valence-electron chi connectivity index (χ1n) is 10.2. The second-order valence-electron chi connectivity index (χ2n) is 7.48. The first kappa shape index (κ1) is 24.0. The Morgan fingerprint density at radius 3 is 2.09 bits per heavy atom. The molecule has 0 unspecified atom stereocenters. The molecule has 3 aromatic carbocycles. The summed E-state index contributed by atoms with van der Waals surface area (Å²) in [6.45, 7) is 1.87. The molecule has 0 atom stereocenters. The van der Waals surface area contributed by atoms with Gasteiger partial charge in [0.1, 0.15) is 17.9 Å². The van der Waals surface area contributed by atoms with Crippen LogP contribution in [-0.4, -0.2) is 24.7 Å². The average Bonchev–Trinajstić information content (AvgIpc) is 2.80. The Hall–Kier alpha value is -4.12. The monoisotopic (exact) mass is 500 g/mol. The van der Waals surface area contributed by atoms with Crippen molar-refractivity contribution in [2.24, 2.45) is 0 Å². The third-order valence-corrected chi connectivity index (χ3v) is 6.19. The number of nitrogens with zero attached hydrogens (tertiary/aromatic N) is 2. The van der Waals surface area contributed by atoms with Gasteiger partial charge < -0.3 is 10.1 Å². The summed E-state index contributed by atoms with van der Waals surface area (Å²) in [4.78, 5) is 8.46. The fourth-order valence-corrected chi connectivity index (χ4v) is 4.17. The minimum absolute atomic E-state index is 0.164. The van der Waals surface area contributed by atoms with Gasteiger partial charge in [-0.25, -0.2) is 18.4 Å². The summed E-state index contributed by atoms with van der Waals surface area (Å²) in [6.07, 6.45) is -3.44. The lowest BCUT2D eigenvalue weighted by atomic mass is 10.1. The second kappa shape index (κ2) is 9.63. The number of ether oxygens (including phenoxy) is 1. The topological polar surface area (TPSA) is 93.2 Å². The Balaban J connectivity index is 1.44. The Kier molecular flexibility index (Phi) is 6.61. The highest BCUT2D eigenvalue weighted by Crippen LogP contribution is 2.27. The van der Waals surface area contributed by atoms with Crippen LogP contribution >= 0.6 is 0 Å². The number of rotatable bonds is 7. The SMILES string of the molecule is Cc1ccc(S(=O)(=O)Nc2ccc(Nc3cc(-c4ccc(OC(F)(F)F)cc4)ncn3)cc2)cc1. The molecular weight excluding hydrogens is 481 g/mol. The van der Waals surface area contributed by atoms with Crippen molar-refractivity contribution in [2.45, 2.75) is 18.2 Å². The maximum absolute atomic E-state index is 12.5. The molecule has 0 spiro atoms. The van der Waals surface area contributed by atoms with Gasteiger partial charge in [-0.2, -0.15) is 0 Å². The van der Waals surface area contributed by atoms with Crippen molar-refractivity contribution in [2.75, 3.05) is 10.0 Å². The summed E-state index contributed by atoms with van der Waals surface area (Å²) in [5.74, 6) is 0.116. The van der Waals surface area contributed by atoms with Crippen LogP contribution in [0, 0.1) is 6.92 Å². The molecule has 4 rings (SSSR count). The van der Waals surface area contributed by atoms with E-state index >= 15 is 0 Å². The molecule has 0 radical (unpaired) electrons. The predicted octanol–water partition coefficient (Wildman–Crippen LogP) is 5.90. The molecule has 7 nitrogen and oxygen atoms in total. The van der Waals surface area contributed by atoms with Crippen LogP contribution in [-0.2, 0) is 10.0 Å². The van der Waals surface area contributed by atoms with Crippen molar-refractivity contribution in [3.8, 4) is 17.0 Å². The molecule has 0 aliphatic carbocycles. The average molecular weight is 501 g/mol. The van der Waals surface area contributed by atoms with E-state index in [1.54, 1.807) is 42.5 Å². The van der Waals surface area contributed by atoms with E-state index < -0.39 is 16.4 Å². The molecule has 0 saturated heterocycles.